The molecule has 0 saturated heterocycles. The van der Waals surface area contributed by atoms with Crippen molar-refractivity contribution in [1.82, 2.24) is 10.0 Å². The molecular weight excluding hydrogens is 361 g/mol. The van der Waals surface area contributed by atoms with Crippen LogP contribution in [0, 0.1) is 0 Å². The van der Waals surface area contributed by atoms with E-state index in [-0.39, 0.29) is 13.2 Å². The van der Waals surface area contributed by atoms with Gasteiger partial charge < -0.3 is 10.1 Å². The number of hydrogen-bond donors (Lipinski definition) is 2. The van der Waals surface area contributed by atoms with Crippen molar-refractivity contribution >= 4 is 27.5 Å². The molecule has 0 spiro atoms. The summed E-state index contributed by atoms with van der Waals surface area (Å²) in [5.74, 6) is -0.643. The van der Waals surface area contributed by atoms with Crippen LogP contribution in [0.3, 0.4) is 0 Å². The number of sulfonamides is 1. The van der Waals surface area contributed by atoms with Crippen molar-refractivity contribution in [2.24, 2.45) is 0 Å². The topological polar surface area (TPSA) is 84.5 Å². The fourth-order valence-corrected chi connectivity index (χ4v) is 2.72. The number of carbonyl (C=O) groups excluding carboxylic acids is 1. The monoisotopic (exact) mass is 374 g/mol. The van der Waals surface area contributed by atoms with Gasteiger partial charge in [0.15, 0.2) is 0 Å². The van der Waals surface area contributed by atoms with Gasteiger partial charge in [-0.15, -0.1) is 0 Å². The zero-order chi connectivity index (χ0) is 17.7. The number of nitrogens with one attached hydrogen (secondary N) is 2. The molecule has 0 heterocycles. The molecule has 0 saturated carbocycles. The van der Waals surface area contributed by atoms with Crippen LogP contribution in [0.2, 0.25) is 5.02 Å². The number of hydrogen-bond acceptors (Lipinski definition) is 4. The van der Waals surface area contributed by atoms with Crippen LogP contribution in [0.4, 0.5) is 13.2 Å². The molecule has 11 heteroatoms. The summed E-state index contributed by atoms with van der Waals surface area (Å²) in [6.45, 7) is -0.198. The Labute approximate surface area is 136 Å². The van der Waals surface area contributed by atoms with Gasteiger partial charge >= 0.3 is 6.18 Å². The molecule has 0 aliphatic heterocycles. The van der Waals surface area contributed by atoms with Crippen LogP contribution in [-0.2, 0) is 25.7 Å². The summed E-state index contributed by atoms with van der Waals surface area (Å²) in [7, 11) is -2.86. The Morgan fingerprint density at radius 3 is 2.57 bits per heavy atom. The van der Waals surface area contributed by atoms with Gasteiger partial charge in [0.05, 0.1) is 28.6 Å². The molecule has 130 valence electrons. The molecule has 23 heavy (non-hydrogen) atoms. The van der Waals surface area contributed by atoms with E-state index >= 15 is 0 Å². The lowest BCUT2D eigenvalue weighted by molar-refractivity contribution is -0.137. The van der Waals surface area contributed by atoms with Gasteiger partial charge in [0.2, 0.25) is 15.9 Å². The Kier molecular flexibility index (Phi) is 6.81. The second-order valence-electron chi connectivity index (χ2n) is 4.31. The first kappa shape index (κ1) is 19.7. The number of rotatable bonds is 7. The lowest BCUT2D eigenvalue weighted by Crippen LogP contribution is -2.38. The average molecular weight is 375 g/mol. The molecule has 0 aliphatic rings. The predicted octanol–water partition coefficient (Wildman–Crippen LogP) is 1.40. The Morgan fingerprint density at radius 2 is 2.00 bits per heavy atom. The first-order valence-corrected chi connectivity index (χ1v) is 8.06. The van der Waals surface area contributed by atoms with E-state index in [1.807, 2.05) is 4.72 Å². The third-order valence-electron chi connectivity index (χ3n) is 2.60. The van der Waals surface area contributed by atoms with Crippen molar-refractivity contribution < 1.29 is 31.1 Å². The van der Waals surface area contributed by atoms with Gasteiger partial charge in [-0.1, -0.05) is 11.6 Å². The van der Waals surface area contributed by atoms with Crippen molar-refractivity contribution in [3.8, 4) is 0 Å². The van der Waals surface area contributed by atoms with E-state index in [0.717, 1.165) is 12.1 Å². The molecule has 1 aromatic rings. The minimum Gasteiger partial charge on any atom is -0.383 e. The van der Waals surface area contributed by atoms with Gasteiger partial charge in [0, 0.05) is 13.7 Å². The number of carbonyl (C=O) groups is 1. The molecule has 1 aromatic carbocycles. The fourth-order valence-electron chi connectivity index (χ4n) is 1.49. The quantitative estimate of drug-likeness (QED) is 0.707. The highest BCUT2D eigenvalue weighted by molar-refractivity contribution is 7.89. The van der Waals surface area contributed by atoms with E-state index in [2.05, 4.69) is 5.32 Å². The maximum absolute atomic E-state index is 12.7. The van der Waals surface area contributed by atoms with Crippen molar-refractivity contribution in [2.75, 3.05) is 26.8 Å². The third-order valence-corrected chi connectivity index (χ3v) is 4.33. The average Bonchev–Trinajstić information content (AvgIpc) is 2.44. The highest BCUT2D eigenvalue weighted by atomic mass is 35.5. The molecule has 0 aromatic heterocycles. The molecule has 1 amide bonds. The van der Waals surface area contributed by atoms with Gasteiger partial charge in [0.1, 0.15) is 0 Å². The van der Waals surface area contributed by atoms with Crippen LogP contribution in [-0.4, -0.2) is 41.1 Å². The highest BCUT2D eigenvalue weighted by Gasteiger charge is 2.34. The third kappa shape index (κ3) is 5.98. The summed E-state index contributed by atoms with van der Waals surface area (Å²) >= 11 is 5.42. The van der Waals surface area contributed by atoms with E-state index in [0.29, 0.717) is 6.07 Å². The van der Waals surface area contributed by atoms with Gasteiger partial charge in [-0.25, -0.2) is 13.1 Å². The predicted molar refractivity (Wildman–Crippen MR) is 76.5 cm³/mol. The van der Waals surface area contributed by atoms with E-state index in [9.17, 15) is 26.4 Å². The Morgan fingerprint density at radius 1 is 1.35 bits per heavy atom. The van der Waals surface area contributed by atoms with E-state index in [1.165, 1.54) is 7.11 Å². The first-order valence-electron chi connectivity index (χ1n) is 6.20. The largest absolute Gasteiger partial charge is 0.417 e. The SMILES string of the molecule is COCCNC(=O)CNS(=O)(=O)c1ccc(Cl)c(C(F)(F)F)c1. The normalized spacial score (nSPS) is 12.2. The summed E-state index contributed by atoms with van der Waals surface area (Å²) in [6, 6.07) is 2.16. The van der Waals surface area contributed by atoms with Gasteiger partial charge in [-0.3, -0.25) is 4.79 Å². The lowest BCUT2D eigenvalue weighted by atomic mass is 10.2. The number of halogens is 4. The minimum atomic E-state index is -4.79. The van der Waals surface area contributed by atoms with Crippen LogP contribution in [0.5, 0.6) is 0 Å². The summed E-state index contributed by atoms with van der Waals surface area (Å²) in [5, 5.41) is 1.74. The highest BCUT2D eigenvalue weighted by Crippen LogP contribution is 2.35. The smallest absolute Gasteiger partial charge is 0.383 e. The molecule has 1 rings (SSSR count). The summed E-state index contributed by atoms with van der Waals surface area (Å²) < 4.78 is 68.6. The standard InChI is InChI=1S/C12H14ClF3N2O4S/c1-22-5-4-17-11(19)7-18-23(20,21)8-2-3-10(13)9(6-8)12(14,15)16/h2-3,6,18H,4-5,7H2,1H3,(H,17,19). The molecule has 0 fully saturated rings. The summed E-state index contributed by atoms with van der Waals surface area (Å²) in [5.41, 5.74) is -1.27. The van der Waals surface area contributed by atoms with Crippen molar-refractivity contribution in [3.63, 3.8) is 0 Å². The van der Waals surface area contributed by atoms with E-state index < -0.39 is 44.1 Å². The Bertz CT molecular complexity index is 665. The number of amides is 1. The number of benzene rings is 1. The first-order chi connectivity index (χ1) is 10.6. The van der Waals surface area contributed by atoms with Crippen LogP contribution < -0.4 is 10.0 Å². The van der Waals surface area contributed by atoms with Gasteiger partial charge in [-0.2, -0.15) is 13.2 Å². The van der Waals surface area contributed by atoms with E-state index in [4.69, 9.17) is 16.3 Å². The maximum atomic E-state index is 12.7. The maximum Gasteiger partial charge on any atom is 0.417 e. The van der Waals surface area contributed by atoms with Crippen LogP contribution in [0.25, 0.3) is 0 Å². The molecule has 2 N–H and O–H groups in total. The molecule has 0 unspecified atom stereocenters. The van der Waals surface area contributed by atoms with Gasteiger partial charge in [0.25, 0.3) is 0 Å². The molecular formula is C12H14ClF3N2O4S. The second kappa shape index (κ2) is 7.95. The number of alkyl halides is 3. The fraction of sp³-hybridized carbons (Fsp3) is 0.417. The minimum absolute atomic E-state index is 0.177. The van der Waals surface area contributed by atoms with Crippen molar-refractivity contribution in [1.29, 1.82) is 0 Å². The van der Waals surface area contributed by atoms with Gasteiger partial charge in [-0.05, 0) is 18.2 Å². The lowest BCUT2D eigenvalue weighted by Gasteiger charge is -2.12. The molecule has 0 aliphatic carbocycles. The van der Waals surface area contributed by atoms with Crippen LogP contribution in [0.15, 0.2) is 23.1 Å². The van der Waals surface area contributed by atoms with Crippen LogP contribution in [0.1, 0.15) is 5.56 Å². The molecule has 6 nitrogen and oxygen atoms in total. The van der Waals surface area contributed by atoms with Crippen molar-refractivity contribution in [2.45, 2.75) is 11.1 Å². The Balaban J connectivity index is 2.83. The number of ether oxygens (including phenoxy) is 1. The zero-order valence-corrected chi connectivity index (χ0v) is 13.5. The zero-order valence-electron chi connectivity index (χ0n) is 11.9. The molecule has 0 bridgehead atoms. The van der Waals surface area contributed by atoms with E-state index in [1.54, 1.807) is 0 Å². The summed E-state index contributed by atoms with van der Waals surface area (Å²) in [6.07, 6.45) is -4.79. The Hall–Kier alpha value is -1.36. The number of methoxy groups -OCH3 is 1. The molecule has 0 atom stereocenters. The summed E-state index contributed by atoms with van der Waals surface area (Å²) in [4.78, 5) is 10.7. The van der Waals surface area contributed by atoms with Crippen molar-refractivity contribution in [3.05, 3.63) is 28.8 Å². The van der Waals surface area contributed by atoms with Crippen LogP contribution >= 0.6 is 11.6 Å². The molecule has 0 radical (unpaired) electrons. The second-order valence-corrected chi connectivity index (χ2v) is 6.48.